The van der Waals surface area contributed by atoms with Crippen LogP contribution in [0.4, 0.5) is 0 Å². The van der Waals surface area contributed by atoms with Gasteiger partial charge in [0, 0.05) is 19.0 Å². The Morgan fingerprint density at radius 1 is 1.27 bits per heavy atom. The zero-order valence-electron chi connectivity index (χ0n) is 13.1. The van der Waals surface area contributed by atoms with Crippen LogP contribution in [0, 0.1) is 0 Å². The van der Waals surface area contributed by atoms with Crippen LogP contribution < -0.4 is 0 Å². The molecule has 0 radical (unpaired) electrons. The van der Waals surface area contributed by atoms with Crippen molar-refractivity contribution in [2.24, 2.45) is 0 Å². The molecule has 0 amide bonds. The van der Waals surface area contributed by atoms with Crippen LogP contribution in [0.15, 0.2) is 42.0 Å². The SMILES string of the molecule is CCC(C1=CCN(CCCS(=O)(=O)O)CC1)c1ccccc1. The van der Waals surface area contributed by atoms with Crippen molar-refractivity contribution in [2.45, 2.75) is 32.1 Å². The van der Waals surface area contributed by atoms with Gasteiger partial charge in [0.2, 0.25) is 0 Å². The molecular formula is C17H25NO3S. The molecule has 0 aromatic heterocycles. The van der Waals surface area contributed by atoms with Crippen molar-refractivity contribution in [1.82, 2.24) is 4.90 Å². The zero-order valence-corrected chi connectivity index (χ0v) is 13.9. The van der Waals surface area contributed by atoms with Crippen LogP contribution in [0.25, 0.3) is 0 Å². The van der Waals surface area contributed by atoms with Gasteiger partial charge < -0.3 is 0 Å². The van der Waals surface area contributed by atoms with E-state index in [4.69, 9.17) is 4.55 Å². The normalized spacial score (nSPS) is 18.0. The maximum absolute atomic E-state index is 10.7. The van der Waals surface area contributed by atoms with Gasteiger partial charge in [-0.15, -0.1) is 0 Å². The molecule has 1 aliphatic rings. The van der Waals surface area contributed by atoms with E-state index in [2.05, 4.69) is 42.2 Å². The van der Waals surface area contributed by atoms with Gasteiger partial charge in [0.1, 0.15) is 0 Å². The Kier molecular flexibility index (Phi) is 6.17. The second-order valence-corrected chi connectivity index (χ2v) is 7.41. The monoisotopic (exact) mass is 323 g/mol. The molecule has 0 fully saturated rings. The first-order chi connectivity index (χ1) is 10.5. The van der Waals surface area contributed by atoms with Crippen LogP contribution in [-0.4, -0.2) is 43.3 Å². The largest absolute Gasteiger partial charge is 0.299 e. The predicted molar refractivity (Wildman–Crippen MR) is 89.6 cm³/mol. The van der Waals surface area contributed by atoms with Gasteiger partial charge in [-0.3, -0.25) is 9.45 Å². The Labute approximate surface area is 133 Å². The molecule has 0 saturated heterocycles. The van der Waals surface area contributed by atoms with E-state index in [9.17, 15) is 8.42 Å². The number of nitrogens with zero attached hydrogens (tertiary/aromatic N) is 1. The lowest BCUT2D eigenvalue weighted by Gasteiger charge is -2.29. The van der Waals surface area contributed by atoms with Crippen LogP contribution in [0.3, 0.4) is 0 Å². The molecule has 5 heteroatoms. The highest BCUT2D eigenvalue weighted by atomic mass is 32.2. The summed E-state index contributed by atoms with van der Waals surface area (Å²) >= 11 is 0. The molecule has 1 N–H and O–H groups in total. The zero-order chi connectivity index (χ0) is 16.0. The number of benzene rings is 1. The standard InChI is InChI=1S/C17H25NO3S/c1-2-17(15-7-4-3-5-8-15)16-9-12-18(13-10-16)11-6-14-22(19,20)21/h3-5,7-9,17H,2,6,10-14H2,1H3,(H,19,20,21). The molecule has 0 saturated carbocycles. The lowest BCUT2D eigenvalue weighted by atomic mass is 9.85. The van der Waals surface area contributed by atoms with E-state index < -0.39 is 10.1 Å². The summed E-state index contributed by atoms with van der Waals surface area (Å²) in [5.74, 6) is 0.336. The van der Waals surface area contributed by atoms with E-state index in [0.29, 0.717) is 18.9 Å². The minimum atomic E-state index is -3.83. The summed E-state index contributed by atoms with van der Waals surface area (Å²) in [4.78, 5) is 2.24. The Morgan fingerprint density at radius 2 is 2.00 bits per heavy atom. The van der Waals surface area contributed by atoms with Crippen molar-refractivity contribution in [3.8, 4) is 0 Å². The Hall–Kier alpha value is -1.17. The molecule has 1 aromatic rings. The number of hydrogen-bond donors (Lipinski definition) is 1. The van der Waals surface area contributed by atoms with E-state index in [1.54, 1.807) is 0 Å². The lowest BCUT2D eigenvalue weighted by Crippen LogP contribution is -2.31. The Morgan fingerprint density at radius 3 is 2.55 bits per heavy atom. The number of hydrogen-bond acceptors (Lipinski definition) is 3. The molecule has 2 rings (SSSR count). The van der Waals surface area contributed by atoms with E-state index in [-0.39, 0.29) is 5.75 Å². The van der Waals surface area contributed by atoms with Gasteiger partial charge in [-0.05, 0) is 31.4 Å². The molecular weight excluding hydrogens is 298 g/mol. The average Bonchev–Trinajstić information content (AvgIpc) is 2.49. The minimum absolute atomic E-state index is 0.151. The average molecular weight is 323 g/mol. The van der Waals surface area contributed by atoms with Crippen molar-refractivity contribution in [3.63, 3.8) is 0 Å². The van der Waals surface area contributed by atoms with Crippen molar-refractivity contribution < 1.29 is 13.0 Å². The second-order valence-electron chi connectivity index (χ2n) is 5.84. The van der Waals surface area contributed by atoms with Crippen LogP contribution in [0.2, 0.25) is 0 Å². The molecule has 0 bridgehead atoms. The highest BCUT2D eigenvalue weighted by Crippen LogP contribution is 2.31. The summed E-state index contributed by atoms with van der Waals surface area (Å²) in [5.41, 5.74) is 2.86. The second kappa shape index (κ2) is 7.90. The van der Waals surface area contributed by atoms with Crippen molar-refractivity contribution in [3.05, 3.63) is 47.5 Å². The van der Waals surface area contributed by atoms with Gasteiger partial charge in [-0.25, -0.2) is 0 Å². The van der Waals surface area contributed by atoms with Crippen LogP contribution >= 0.6 is 0 Å². The van der Waals surface area contributed by atoms with Gasteiger partial charge in [-0.1, -0.05) is 48.9 Å². The minimum Gasteiger partial charge on any atom is -0.299 e. The van der Waals surface area contributed by atoms with Crippen molar-refractivity contribution in [1.29, 1.82) is 0 Å². The lowest BCUT2D eigenvalue weighted by molar-refractivity contribution is 0.290. The molecule has 1 aliphatic heterocycles. The van der Waals surface area contributed by atoms with Crippen molar-refractivity contribution >= 4 is 10.1 Å². The molecule has 1 heterocycles. The molecule has 0 aliphatic carbocycles. The van der Waals surface area contributed by atoms with Gasteiger partial charge in [-0.2, -0.15) is 8.42 Å². The first-order valence-corrected chi connectivity index (χ1v) is 9.52. The van der Waals surface area contributed by atoms with Crippen LogP contribution in [0.5, 0.6) is 0 Å². The summed E-state index contributed by atoms with van der Waals surface area (Å²) in [6.07, 6.45) is 4.90. The van der Waals surface area contributed by atoms with Gasteiger partial charge in [0.05, 0.1) is 5.75 Å². The van der Waals surface area contributed by atoms with E-state index in [1.165, 1.54) is 11.1 Å². The fraction of sp³-hybridized carbons (Fsp3) is 0.529. The van der Waals surface area contributed by atoms with Crippen molar-refractivity contribution in [2.75, 3.05) is 25.4 Å². The summed E-state index contributed by atoms with van der Waals surface area (Å²) in [6.45, 7) is 4.76. The molecule has 1 unspecified atom stereocenters. The third kappa shape index (κ3) is 5.23. The Balaban J connectivity index is 1.90. The molecule has 1 aromatic carbocycles. The van der Waals surface area contributed by atoms with Gasteiger partial charge in [0.15, 0.2) is 0 Å². The topological polar surface area (TPSA) is 57.6 Å². The predicted octanol–water partition coefficient (Wildman–Crippen LogP) is 3.09. The summed E-state index contributed by atoms with van der Waals surface area (Å²) in [5, 5.41) is 0. The van der Waals surface area contributed by atoms with Crippen LogP contribution in [0.1, 0.15) is 37.7 Å². The third-order valence-electron chi connectivity index (χ3n) is 4.26. The van der Waals surface area contributed by atoms with E-state index >= 15 is 0 Å². The summed E-state index contributed by atoms with van der Waals surface area (Å²) < 4.78 is 30.2. The molecule has 0 spiro atoms. The quantitative estimate of drug-likeness (QED) is 0.619. The number of rotatable bonds is 7. The fourth-order valence-electron chi connectivity index (χ4n) is 3.11. The highest BCUT2D eigenvalue weighted by molar-refractivity contribution is 7.85. The first kappa shape index (κ1) is 17.2. The first-order valence-electron chi connectivity index (χ1n) is 7.91. The van der Waals surface area contributed by atoms with Gasteiger partial charge in [0.25, 0.3) is 10.1 Å². The molecule has 22 heavy (non-hydrogen) atoms. The maximum atomic E-state index is 10.7. The summed E-state index contributed by atoms with van der Waals surface area (Å²) in [6, 6.07) is 10.6. The molecule has 1 atom stereocenters. The third-order valence-corrected chi connectivity index (χ3v) is 5.07. The van der Waals surface area contributed by atoms with E-state index in [0.717, 1.165) is 25.9 Å². The maximum Gasteiger partial charge on any atom is 0.264 e. The summed E-state index contributed by atoms with van der Waals surface area (Å²) in [7, 11) is -3.83. The van der Waals surface area contributed by atoms with E-state index in [1.807, 2.05) is 6.07 Å². The molecule has 122 valence electrons. The molecule has 4 nitrogen and oxygen atoms in total. The van der Waals surface area contributed by atoms with Crippen LogP contribution in [-0.2, 0) is 10.1 Å². The fourth-order valence-corrected chi connectivity index (χ4v) is 3.61. The smallest absolute Gasteiger partial charge is 0.264 e. The van der Waals surface area contributed by atoms with Gasteiger partial charge >= 0.3 is 0 Å². The Bertz CT molecular complexity index is 596. The highest BCUT2D eigenvalue weighted by Gasteiger charge is 2.19.